The van der Waals surface area contributed by atoms with Gasteiger partial charge in [0.05, 0.1) is 17.8 Å². The van der Waals surface area contributed by atoms with E-state index in [2.05, 4.69) is 13.8 Å². The molecule has 4 saturated carbocycles. The number of hydrogen-bond acceptors (Lipinski definition) is 10. The Morgan fingerprint density at radius 2 is 1.73 bits per heavy atom. The van der Waals surface area contributed by atoms with Crippen molar-refractivity contribution in [1.29, 1.82) is 0 Å². The maximum absolute atomic E-state index is 12.5. The van der Waals surface area contributed by atoms with Gasteiger partial charge < -0.3 is 43.7 Å². The third-order valence-corrected chi connectivity index (χ3v) is 13.9. The minimum Gasteiger partial charge on any atom is -0.458 e. The van der Waals surface area contributed by atoms with Crippen LogP contribution < -0.4 is 0 Å². The molecule has 0 spiro atoms. The minimum absolute atomic E-state index is 0.0569. The van der Waals surface area contributed by atoms with Crippen molar-refractivity contribution >= 4 is 5.97 Å². The molecule has 8 unspecified atom stereocenters. The number of fused-ring (bicyclic) bond motifs is 6. The third-order valence-electron chi connectivity index (χ3n) is 13.9. The summed E-state index contributed by atoms with van der Waals surface area (Å²) in [4.78, 5) is 11.9. The molecule has 0 amide bonds. The summed E-state index contributed by atoms with van der Waals surface area (Å²) in [5, 5.41) is 34.6. The molecule has 16 atom stereocenters. The standard InChI is InChI=1S/C34H50O10/c1-17-27(36)29(43-26-7-6-24-30(42-24)44-26)28(37)31(40-17)41-20-8-11-32(2)19(15-20)4-5-23-22(32)9-12-33(3)21(10-13-34(23,33)38)18-14-25(35)39-16-18/h14,17,19-24,26-31,36-38H,4-13,15-16H2,1-3H3/t17?,19-,20-,21+,22?,23+,24+,26?,27?,28-,29-,30?,31?,32?,33?,34-/m0/s1. The van der Waals surface area contributed by atoms with Crippen molar-refractivity contribution in [2.24, 2.45) is 34.5 Å². The Bertz CT molecular complexity index is 1180. The fourth-order valence-electron chi connectivity index (χ4n) is 11.2. The van der Waals surface area contributed by atoms with Crippen molar-refractivity contribution in [2.45, 2.75) is 152 Å². The SMILES string of the molecule is CC1OC(O[C@H]2CCC3(C)C4CCC5(C)[C@@H](C6=CC(=O)OC6)CC[C@]5(O)[C@@H]4CC[C@H]3C2)[C@@H](O)[C@@H](OC2CC[C@H]3OC3O2)C1O. The Labute approximate surface area is 259 Å². The molecule has 8 rings (SSSR count). The lowest BCUT2D eigenvalue weighted by Gasteiger charge is -2.64. The predicted molar refractivity (Wildman–Crippen MR) is 155 cm³/mol. The molecule has 8 aliphatic rings. The maximum Gasteiger partial charge on any atom is 0.331 e. The number of carbonyl (C=O) groups excluding carboxylic acids is 1. The van der Waals surface area contributed by atoms with Gasteiger partial charge in [-0.25, -0.2) is 4.79 Å². The van der Waals surface area contributed by atoms with Gasteiger partial charge in [0.15, 0.2) is 18.9 Å². The van der Waals surface area contributed by atoms with E-state index in [1.807, 2.05) is 0 Å². The van der Waals surface area contributed by atoms with E-state index >= 15 is 0 Å². The van der Waals surface area contributed by atoms with Crippen molar-refractivity contribution < 1.29 is 48.5 Å². The molecule has 0 aromatic rings. The second kappa shape index (κ2) is 10.7. The van der Waals surface area contributed by atoms with Gasteiger partial charge in [0, 0.05) is 17.9 Å². The zero-order valence-electron chi connectivity index (χ0n) is 26.3. The van der Waals surface area contributed by atoms with Crippen molar-refractivity contribution in [3.8, 4) is 0 Å². The molecular formula is C34H50O10. The molecular weight excluding hydrogens is 568 g/mol. The summed E-state index contributed by atoms with van der Waals surface area (Å²) in [5.41, 5.74) is 0.228. The number of esters is 1. The maximum atomic E-state index is 12.5. The van der Waals surface area contributed by atoms with Crippen LogP contribution in [0, 0.1) is 34.5 Å². The zero-order valence-corrected chi connectivity index (χ0v) is 26.3. The van der Waals surface area contributed by atoms with Gasteiger partial charge in [0.2, 0.25) is 0 Å². The number of hydrogen-bond donors (Lipinski definition) is 3. The Kier molecular flexibility index (Phi) is 7.36. The smallest absolute Gasteiger partial charge is 0.331 e. The summed E-state index contributed by atoms with van der Waals surface area (Å²) in [7, 11) is 0. The second-order valence-electron chi connectivity index (χ2n) is 15.8. The Morgan fingerprint density at radius 3 is 2.50 bits per heavy atom. The van der Waals surface area contributed by atoms with Crippen LogP contribution >= 0.6 is 0 Å². The normalized spacial score (nSPS) is 56.5. The lowest BCUT2D eigenvalue weighted by atomic mass is 9.43. The van der Waals surface area contributed by atoms with Gasteiger partial charge in [-0.2, -0.15) is 0 Å². The van der Waals surface area contributed by atoms with E-state index in [1.165, 1.54) is 0 Å². The largest absolute Gasteiger partial charge is 0.458 e. The van der Waals surface area contributed by atoms with E-state index < -0.39 is 42.6 Å². The van der Waals surface area contributed by atoms with Gasteiger partial charge in [-0.15, -0.1) is 0 Å². The highest BCUT2D eigenvalue weighted by Gasteiger charge is 2.68. The molecule has 246 valence electrons. The quantitative estimate of drug-likeness (QED) is 0.239. The van der Waals surface area contributed by atoms with E-state index in [0.717, 1.165) is 69.8 Å². The topological polar surface area (TPSA) is 136 Å². The third kappa shape index (κ3) is 4.60. The Hall–Kier alpha value is -1.11. The predicted octanol–water partition coefficient (Wildman–Crippen LogP) is 3.34. The summed E-state index contributed by atoms with van der Waals surface area (Å²) in [6.45, 7) is 6.87. The lowest BCUT2D eigenvalue weighted by Crippen LogP contribution is -2.63. The molecule has 4 aliphatic heterocycles. The summed E-state index contributed by atoms with van der Waals surface area (Å²) in [6.07, 6.45) is 6.63. The van der Waals surface area contributed by atoms with Crippen molar-refractivity contribution in [1.82, 2.24) is 0 Å². The van der Waals surface area contributed by atoms with Crippen LogP contribution in [0.5, 0.6) is 0 Å². The number of epoxide rings is 1. The molecule has 0 bridgehead atoms. The van der Waals surface area contributed by atoms with Crippen molar-refractivity contribution in [3.63, 3.8) is 0 Å². The van der Waals surface area contributed by atoms with Gasteiger partial charge in [0.25, 0.3) is 0 Å². The van der Waals surface area contributed by atoms with Crippen LogP contribution in [0.25, 0.3) is 0 Å². The molecule has 0 aromatic heterocycles. The van der Waals surface area contributed by atoms with Crippen LogP contribution in [0.2, 0.25) is 0 Å². The fourth-order valence-corrected chi connectivity index (χ4v) is 11.2. The highest BCUT2D eigenvalue weighted by molar-refractivity contribution is 5.85. The minimum atomic E-state index is -1.14. The van der Waals surface area contributed by atoms with Gasteiger partial charge in [-0.1, -0.05) is 13.8 Å². The van der Waals surface area contributed by atoms with Crippen LogP contribution in [0.4, 0.5) is 0 Å². The fraction of sp³-hybridized carbons (Fsp3) is 0.912. The highest BCUT2D eigenvalue weighted by atomic mass is 16.8. The first-order valence-corrected chi connectivity index (χ1v) is 17.2. The molecule has 0 aromatic carbocycles. The highest BCUT2D eigenvalue weighted by Crippen LogP contribution is 2.70. The van der Waals surface area contributed by atoms with E-state index in [-0.39, 0.29) is 47.1 Å². The number of cyclic esters (lactones) is 1. The first-order chi connectivity index (χ1) is 21.0. The average molecular weight is 619 g/mol. The molecule has 10 heteroatoms. The lowest BCUT2D eigenvalue weighted by molar-refractivity contribution is -0.336. The van der Waals surface area contributed by atoms with Gasteiger partial charge in [0.1, 0.15) is 31.0 Å². The molecule has 44 heavy (non-hydrogen) atoms. The van der Waals surface area contributed by atoms with E-state index in [1.54, 1.807) is 13.0 Å². The Balaban J connectivity index is 0.929. The van der Waals surface area contributed by atoms with E-state index in [4.69, 9.17) is 28.4 Å². The van der Waals surface area contributed by atoms with Crippen LogP contribution in [0.3, 0.4) is 0 Å². The molecule has 4 heterocycles. The molecule has 10 nitrogen and oxygen atoms in total. The van der Waals surface area contributed by atoms with Gasteiger partial charge in [-0.3, -0.25) is 0 Å². The monoisotopic (exact) mass is 618 g/mol. The van der Waals surface area contributed by atoms with Crippen LogP contribution in [0.1, 0.15) is 91.4 Å². The van der Waals surface area contributed by atoms with Crippen LogP contribution in [-0.4, -0.2) is 89.0 Å². The molecule has 3 N–H and O–H groups in total. The van der Waals surface area contributed by atoms with Crippen molar-refractivity contribution in [2.75, 3.05) is 6.61 Å². The average Bonchev–Trinajstić information content (AvgIpc) is 3.56. The first kappa shape index (κ1) is 30.2. The molecule has 4 aliphatic carbocycles. The summed E-state index contributed by atoms with van der Waals surface area (Å²) >= 11 is 0. The first-order valence-electron chi connectivity index (χ1n) is 17.2. The van der Waals surface area contributed by atoms with Gasteiger partial charge in [-0.05, 0) is 106 Å². The molecule has 3 saturated heterocycles. The number of ether oxygens (including phenoxy) is 6. The number of aliphatic hydroxyl groups is 3. The van der Waals surface area contributed by atoms with E-state index in [0.29, 0.717) is 24.9 Å². The number of aliphatic hydroxyl groups excluding tert-OH is 2. The molecule has 0 radical (unpaired) electrons. The number of rotatable bonds is 5. The van der Waals surface area contributed by atoms with E-state index in [9.17, 15) is 20.1 Å². The zero-order chi connectivity index (χ0) is 30.6. The van der Waals surface area contributed by atoms with Crippen LogP contribution in [-0.2, 0) is 33.2 Å². The summed E-state index contributed by atoms with van der Waals surface area (Å²) in [6, 6.07) is 0. The summed E-state index contributed by atoms with van der Waals surface area (Å²) in [5.74, 6) is 1.13. The number of carbonyl (C=O) groups is 1. The second-order valence-corrected chi connectivity index (χ2v) is 15.8. The van der Waals surface area contributed by atoms with Gasteiger partial charge >= 0.3 is 5.97 Å². The van der Waals surface area contributed by atoms with Crippen molar-refractivity contribution in [3.05, 3.63) is 11.6 Å². The molecule has 7 fully saturated rings. The Morgan fingerprint density at radius 1 is 0.886 bits per heavy atom. The summed E-state index contributed by atoms with van der Waals surface area (Å²) < 4.78 is 35.1. The van der Waals surface area contributed by atoms with Crippen LogP contribution in [0.15, 0.2) is 11.6 Å².